The number of amides is 3. The van der Waals surface area contributed by atoms with Gasteiger partial charge in [0.2, 0.25) is 5.91 Å². The summed E-state index contributed by atoms with van der Waals surface area (Å²) >= 11 is 1.38. The molecule has 0 bridgehead atoms. The largest absolute Gasteiger partial charge is 0.367 e. The summed E-state index contributed by atoms with van der Waals surface area (Å²) in [5.41, 5.74) is 2.04. The predicted molar refractivity (Wildman–Crippen MR) is 127 cm³/mol. The zero-order chi connectivity index (χ0) is 22.7. The number of piperazine rings is 1. The number of rotatable bonds is 7. The first-order valence-electron chi connectivity index (χ1n) is 11.3. The van der Waals surface area contributed by atoms with Gasteiger partial charge in [0.15, 0.2) is 0 Å². The lowest BCUT2D eigenvalue weighted by Gasteiger charge is -2.37. The third kappa shape index (κ3) is 4.80. The third-order valence-corrected chi connectivity index (χ3v) is 7.01. The highest BCUT2D eigenvalue weighted by Crippen LogP contribution is 2.32. The molecule has 0 atom stereocenters. The summed E-state index contributed by atoms with van der Waals surface area (Å²) in [5.74, 6) is 0.276. The Labute approximate surface area is 193 Å². The molecule has 2 fully saturated rings. The van der Waals surface area contributed by atoms with Crippen molar-refractivity contribution in [1.29, 1.82) is 0 Å². The van der Waals surface area contributed by atoms with Crippen LogP contribution < -0.4 is 10.2 Å². The maximum absolute atomic E-state index is 13.3. The number of hydrogen-bond acceptors (Lipinski definition) is 5. The number of carbonyl (C=O) groups excluding carboxylic acids is 3. The van der Waals surface area contributed by atoms with E-state index in [0.717, 1.165) is 18.5 Å². The molecule has 1 saturated heterocycles. The minimum absolute atomic E-state index is 0.0475. The Kier molecular flexibility index (Phi) is 6.79. The number of thiophene rings is 1. The van der Waals surface area contributed by atoms with Gasteiger partial charge in [0.25, 0.3) is 11.8 Å². The molecule has 2 aromatic rings. The van der Waals surface area contributed by atoms with E-state index in [0.29, 0.717) is 55.4 Å². The third-order valence-electron chi connectivity index (χ3n) is 6.14. The summed E-state index contributed by atoms with van der Waals surface area (Å²) in [5, 5.41) is 4.78. The zero-order valence-corrected chi connectivity index (χ0v) is 19.5. The van der Waals surface area contributed by atoms with Crippen LogP contribution in [0.5, 0.6) is 0 Å². The van der Waals surface area contributed by atoms with Crippen LogP contribution in [0.2, 0.25) is 0 Å². The van der Waals surface area contributed by atoms with Crippen molar-refractivity contribution in [2.24, 2.45) is 5.92 Å². The molecule has 170 valence electrons. The molecule has 32 heavy (non-hydrogen) atoms. The van der Waals surface area contributed by atoms with E-state index in [4.69, 9.17) is 0 Å². The molecule has 1 saturated carbocycles. The fourth-order valence-electron chi connectivity index (χ4n) is 4.10. The van der Waals surface area contributed by atoms with Crippen LogP contribution in [0.1, 0.15) is 46.7 Å². The van der Waals surface area contributed by atoms with Gasteiger partial charge in [0.1, 0.15) is 0 Å². The molecule has 4 rings (SSSR count). The molecule has 8 heteroatoms. The lowest BCUT2D eigenvalue weighted by Crippen LogP contribution is -2.49. The first-order chi connectivity index (χ1) is 15.5. The van der Waals surface area contributed by atoms with Crippen molar-refractivity contribution in [2.45, 2.75) is 26.7 Å². The van der Waals surface area contributed by atoms with E-state index in [1.807, 2.05) is 42.3 Å². The average Bonchev–Trinajstić information content (AvgIpc) is 3.52. The van der Waals surface area contributed by atoms with E-state index < -0.39 is 0 Å². The topological polar surface area (TPSA) is 73.0 Å². The second-order valence-corrected chi connectivity index (χ2v) is 9.18. The Bertz CT molecular complexity index is 975. The summed E-state index contributed by atoms with van der Waals surface area (Å²) in [6, 6.07) is 9.16. The van der Waals surface area contributed by atoms with Crippen LogP contribution in [-0.2, 0) is 4.79 Å². The number of hydrogen-bond donors (Lipinski definition) is 1. The van der Waals surface area contributed by atoms with Gasteiger partial charge in [0.05, 0.1) is 10.4 Å². The fourth-order valence-corrected chi connectivity index (χ4v) is 4.72. The van der Waals surface area contributed by atoms with Crippen LogP contribution >= 0.6 is 11.3 Å². The summed E-state index contributed by atoms with van der Waals surface area (Å²) in [7, 11) is 0. The van der Waals surface area contributed by atoms with E-state index in [9.17, 15) is 14.4 Å². The molecule has 3 amide bonds. The second-order valence-electron chi connectivity index (χ2n) is 8.23. The number of nitrogens with one attached hydrogen (secondary N) is 1. The van der Waals surface area contributed by atoms with Crippen molar-refractivity contribution >= 4 is 40.4 Å². The maximum atomic E-state index is 13.3. The zero-order valence-electron chi connectivity index (χ0n) is 18.7. The van der Waals surface area contributed by atoms with Crippen molar-refractivity contribution in [1.82, 2.24) is 9.80 Å². The first-order valence-corrected chi connectivity index (χ1v) is 12.2. The highest BCUT2D eigenvalue weighted by atomic mass is 32.1. The van der Waals surface area contributed by atoms with E-state index in [1.54, 1.807) is 17.0 Å². The minimum atomic E-state index is -0.179. The Hall–Kier alpha value is -2.87. The predicted octanol–water partition coefficient (Wildman–Crippen LogP) is 3.54. The van der Waals surface area contributed by atoms with E-state index >= 15 is 0 Å². The number of anilines is 2. The molecule has 2 heterocycles. The summed E-state index contributed by atoms with van der Waals surface area (Å²) in [6.07, 6.45) is 2.03. The van der Waals surface area contributed by atoms with Gasteiger partial charge in [-0.05, 0) is 56.3 Å². The molecule has 1 N–H and O–H groups in total. The molecule has 1 aromatic heterocycles. The van der Waals surface area contributed by atoms with Gasteiger partial charge in [-0.15, -0.1) is 11.3 Å². The van der Waals surface area contributed by atoms with Crippen LogP contribution in [0, 0.1) is 5.92 Å². The minimum Gasteiger partial charge on any atom is -0.367 e. The van der Waals surface area contributed by atoms with Crippen LogP contribution in [-0.4, -0.2) is 66.8 Å². The SMILES string of the molecule is CCN(CC)C(=O)c1cc(NC(=O)c2cccs2)ccc1N1CCN(C(=O)C2CC2)CC1. The van der Waals surface area contributed by atoms with Crippen LogP contribution in [0.4, 0.5) is 11.4 Å². The van der Waals surface area contributed by atoms with Crippen LogP contribution in [0.3, 0.4) is 0 Å². The van der Waals surface area contributed by atoms with Crippen LogP contribution in [0.15, 0.2) is 35.7 Å². The molecule has 0 unspecified atom stereocenters. The van der Waals surface area contributed by atoms with Gasteiger partial charge in [-0.25, -0.2) is 0 Å². The van der Waals surface area contributed by atoms with Crippen molar-refractivity contribution in [3.05, 3.63) is 46.2 Å². The monoisotopic (exact) mass is 454 g/mol. The van der Waals surface area contributed by atoms with Crippen LogP contribution in [0.25, 0.3) is 0 Å². The average molecular weight is 455 g/mol. The van der Waals surface area contributed by atoms with Gasteiger partial charge < -0.3 is 20.0 Å². The van der Waals surface area contributed by atoms with Gasteiger partial charge >= 0.3 is 0 Å². The quantitative estimate of drug-likeness (QED) is 0.695. The van der Waals surface area contributed by atoms with Crippen molar-refractivity contribution in [3.8, 4) is 0 Å². The second kappa shape index (κ2) is 9.73. The van der Waals surface area contributed by atoms with Gasteiger partial charge in [-0.3, -0.25) is 14.4 Å². The summed E-state index contributed by atoms with van der Waals surface area (Å²) in [4.78, 5) is 44.8. The number of nitrogens with zero attached hydrogens (tertiary/aromatic N) is 3. The van der Waals surface area contributed by atoms with Gasteiger partial charge in [0, 0.05) is 56.6 Å². The Morgan fingerprint density at radius 3 is 2.38 bits per heavy atom. The molecular formula is C24H30N4O3S. The molecule has 2 aliphatic rings. The molecule has 7 nitrogen and oxygen atoms in total. The smallest absolute Gasteiger partial charge is 0.265 e. The molecule has 1 aliphatic carbocycles. The number of benzene rings is 1. The number of carbonyl (C=O) groups is 3. The first kappa shape index (κ1) is 22.3. The molecule has 0 radical (unpaired) electrons. The van der Waals surface area contributed by atoms with E-state index in [1.165, 1.54) is 11.3 Å². The normalized spacial score (nSPS) is 16.1. The summed E-state index contributed by atoms with van der Waals surface area (Å²) in [6.45, 7) is 7.89. The Morgan fingerprint density at radius 1 is 1.06 bits per heavy atom. The molecule has 1 aromatic carbocycles. The highest BCUT2D eigenvalue weighted by Gasteiger charge is 2.35. The van der Waals surface area contributed by atoms with Crippen molar-refractivity contribution < 1.29 is 14.4 Å². The molecule has 1 aliphatic heterocycles. The standard InChI is InChI=1S/C24H30N4O3S/c1-3-26(4-2)24(31)19-16-18(25-22(29)21-6-5-15-32-21)9-10-20(19)27-11-13-28(14-12-27)23(30)17-7-8-17/h5-6,9-10,15-17H,3-4,7-8,11-14H2,1-2H3,(H,25,29). The van der Waals surface area contributed by atoms with E-state index in [2.05, 4.69) is 10.2 Å². The van der Waals surface area contributed by atoms with Crippen molar-refractivity contribution in [2.75, 3.05) is 49.5 Å². The Morgan fingerprint density at radius 2 is 1.78 bits per heavy atom. The fraction of sp³-hybridized carbons (Fsp3) is 0.458. The maximum Gasteiger partial charge on any atom is 0.265 e. The van der Waals surface area contributed by atoms with Crippen molar-refractivity contribution in [3.63, 3.8) is 0 Å². The summed E-state index contributed by atoms with van der Waals surface area (Å²) < 4.78 is 0. The molecule has 0 spiro atoms. The van der Waals surface area contributed by atoms with Gasteiger partial charge in [-0.2, -0.15) is 0 Å². The Balaban J connectivity index is 1.55. The lowest BCUT2D eigenvalue weighted by atomic mass is 10.1. The van der Waals surface area contributed by atoms with E-state index in [-0.39, 0.29) is 23.6 Å². The highest BCUT2D eigenvalue weighted by molar-refractivity contribution is 7.12. The lowest BCUT2D eigenvalue weighted by molar-refractivity contribution is -0.132. The molecular weight excluding hydrogens is 424 g/mol. The van der Waals surface area contributed by atoms with Gasteiger partial charge in [-0.1, -0.05) is 6.07 Å².